The van der Waals surface area contributed by atoms with Crippen molar-refractivity contribution in [2.24, 2.45) is 4.99 Å². The molecule has 6 nitrogen and oxygen atoms in total. The van der Waals surface area contributed by atoms with Gasteiger partial charge >= 0.3 is 0 Å². The van der Waals surface area contributed by atoms with Crippen molar-refractivity contribution < 1.29 is 17.6 Å². The van der Waals surface area contributed by atoms with Crippen LogP contribution in [0.3, 0.4) is 0 Å². The topological polar surface area (TPSA) is 88.7 Å². The summed E-state index contributed by atoms with van der Waals surface area (Å²) < 4.78 is 26.1. The Kier molecular flexibility index (Phi) is 4.87. The van der Waals surface area contributed by atoms with Gasteiger partial charge in [-0.2, -0.15) is 0 Å². The van der Waals surface area contributed by atoms with Gasteiger partial charge in [0, 0.05) is 11.8 Å². The van der Waals surface area contributed by atoms with E-state index in [0.29, 0.717) is 5.56 Å². The first-order chi connectivity index (χ1) is 9.67. The highest BCUT2D eigenvalue weighted by atomic mass is 35.6. The molecule has 1 N–H and O–H groups in total. The van der Waals surface area contributed by atoms with E-state index in [1.54, 1.807) is 6.07 Å². The summed E-state index contributed by atoms with van der Waals surface area (Å²) in [5.41, 5.74) is 0.686. The third kappa shape index (κ3) is 4.60. The maximum absolute atomic E-state index is 11.7. The fourth-order valence-corrected chi connectivity index (χ4v) is 3.89. The number of sulfone groups is 1. The Labute approximate surface area is 136 Å². The van der Waals surface area contributed by atoms with Gasteiger partial charge in [-0.05, 0) is 6.07 Å². The van der Waals surface area contributed by atoms with Crippen LogP contribution >= 0.6 is 34.8 Å². The zero-order valence-electron chi connectivity index (χ0n) is 10.5. The minimum atomic E-state index is -3.31. The number of nitrogens with zero attached hydrogens (tertiary/aromatic N) is 1. The second kappa shape index (κ2) is 6.16. The first kappa shape index (κ1) is 16.6. The van der Waals surface area contributed by atoms with Crippen LogP contribution in [0, 0.1) is 0 Å². The van der Waals surface area contributed by atoms with Gasteiger partial charge in [-0.1, -0.05) is 34.8 Å². The Bertz CT molecular complexity index is 637. The molecule has 1 aliphatic heterocycles. The normalized spacial score (nSPS) is 25.3. The van der Waals surface area contributed by atoms with Crippen LogP contribution in [0.25, 0.3) is 0 Å². The average Bonchev–Trinajstić information content (AvgIpc) is 2.93. The van der Waals surface area contributed by atoms with E-state index in [9.17, 15) is 13.2 Å². The quantitative estimate of drug-likeness (QED) is 0.640. The molecular formula is C11H11Cl3N2O4S. The van der Waals surface area contributed by atoms with E-state index >= 15 is 0 Å². The second-order valence-corrected chi connectivity index (χ2v) is 8.99. The van der Waals surface area contributed by atoms with Crippen molar-refractivity contribution in [1.29, 1.82) is 0 Å². The molecule has 0 aliphatic carbocycles. The molecule has 2 rings (SSSR count). The van der Waals surface area contributed by atoms with Crippen molar-refractivity contribution in [2.45, 2.75) is 15.9 Å². The SMILES string of the molecule is O=C(N[C@@H]1CS(=O)(=O)C[C@@H]1N=Cc1ccoc1)C(Cl)(Cl)Cl. The van der Waals surface area contributed by atoms with Crippen LogP contribution in [0.2, 0.25) is 0 Å². The van der Waals surface area contributed by atoms with Crippen LogP contribution in [-0.2, 0) is 14.6 Å². The Morgan fingerprint density at radius 2 is 2.14 bits per heavy atom. The minimum absolute atomic E-state index is 0.174. The van der Waals surface area contributed by atoms with Gasteiger partial charge in [0.1, 0.15) is 0 Å². The van der Waals surface area contributed by atoms with E-state index in [0.717, 1.165) is 0 Å². The van der Waals surface area contributed by atoms with E-state index in [-0.39, 0.29) is 11.5 Å². The fraction of sp³-hybridized carbons (Fsp3) is 0.455. The van der Waals surface area contributed by atoms with Crippen LogP contribution in [0.4, 0.5) is 0 Å². The number of aliphatic imine (C=N–C) groups is 1. The molecule has 0 saturated carbocycles. The highest BCUT2D eigenvalue weighted by molar-refractivity contribution is 7.91. The first-order valence-corrected chi connectivity index (χ1v) is 8.76. The van der Waals surface area contributed by atoms with Gasteiger partial charge < -0.3 is 9.73 Å². The number of carbonyl (C=O) groups excluding carboxylic acids is 1. The van der Waals surface area contributed by atoms with Crippen LogP contribution in [0.1, 0.15) is 5.56 Å². The summed E-state index contributed by atoms with van der Waals surface area (Å²) >= 11 is 16.4. The molecule has 1 fully saturated rings. The average molecular weight is 374 g/mol. The van der Waals surface area contributed by atoms with Crippen LogP contribution in [0.15, 0.2) is 28.0 Å². The summed E-state index contributed by atoms with van der Waals surface area (Å²) in [5, 5.41) is 2.40. The number of halogens is 3. The molecule has 10 heteroatoms. The molecule has 0 aromatic carbocycles. The lowest BCUT2D eigenvalue weighted by Crippen LogP contribution is -2.46. The Morgan fingerprint density at radius 1 is 1.43 bits per heavy atom. The van der Waals surface area contributed by atoms with Gasteiger partial charge in [-0.25, -0.2) is 8.42 Å². The van der Waals surface area contributed by atoms with Crippen LogP contribution < -0.4 is 5.32 Å². The molecular weight excluding hydrogens is 363 g/mol. The number of carbonyl (C=O) groups is 1. The zero-order chi connectivity index (χ0) is 15.7. The van der Waals surface area contributed by atoms with Crippen molar-refractivity contribution in [3.63, 3.8) is 0 Å². The maximum Gasteiger partial charge on any atom is 0.272 e. The van der Waals surface area contributed by atoms with E-state index in [2.05, 4.69) is 10.3 Å². The standard InChI is InChI=1S/C11H11Cl3N2O4S/c12-11(13,14)10(17)16-9-6-21(18,19)5-8(9)15-3-7-1-2-20-4-7/h1-4,8-9H,5-6H2,(H,16,17)/t8-,9+/m0/s1. The molecule has 2 atom stereocenters. The van der Waals surface area contributed by atoms with E-state index in [4.69, 9.17) is 39.2 Å². The molecule has 1 aromatic rings. The van der Waals surface area contributed by atoms with Crippen molar-refractivity contribution in [1.82, 2.24) is 5.32 Å². The third-order valence-electron chi connectivity index (χ3n) is 2.85. The lowest BCUT2D eigenvalue weighted by Gasteiger charge is -2.19. The second-order valence-electron chi connectivity index (χ2n) is 4.56. The van der Waals surface area contributed by atoms with Crippen molar-refractivity contribution in [2.75, 3.05) is 11.5 Å². The number of hydrogen-bond donors (Lipinski definition) is 1. The number of furan rings is 1. The van der Waals surface area contributed by atoms with Gasteiger partial charge in [-0.3, -0.25) is 9.79 Å². The monoisotopic (exact) mass is 372 g/mol. The molecule has 0 unspecified atom stereocenters. The van der Waals surface area contributed by atoms with E-state index in [1.165, 1.54) is 18.7 Å². The molecule has 21 heavy (non-hydrogen) atoms. The van der Waals surface area contributed by atoms with Gasteiger partial charge in [-0.15, -0.1) is 0 Å². The van der Waals surface area contributed by atoms with Gasteiger partial charge in [0.05, 0.1) is 36.1 Å². The van der Waals surface area contributed by atoms with Crippen molar-refractivity contribution in [3.05, 3.63) is 24.2 Å². The molecule has 116 valence electrons. The van der Waals surface area contributed by atoms with E-state index < -0.39 is 31.6 Å². The number of hydrogen-bond acceptors (Lipinski definition) is 5. The highest BCUT2D eigenvalue weighted by Gasteiger charge is 2.41. The summed E-state index contributed by atoms with van der Waals surface area (Å²) in [5.74, 6) is -1.29. The van der Waals surface area contributed by atoms with Gasteiger partial charge in [0.2, 0.25) is 0 Å². The van der Waals surface area contributed by atoms with Gasteiger partial charge in [0.15, 0.2) is 9.84 Å². The molecule has 1 aliphatic rings. The highest BCUT2D eigenvalue weighted by Crippen LogP contribution is 2.27. The molecule has 0 radical (unpaired) electrons. The smallest absolute Gasteiger partial charge is 0.272 e. The Hall–Kier alpha value is -0.760. The Morgan fingerprint density at radius 3 is 2.71 bits per heavy atom. The molecule has 1 saturated heterocycles. The van der Waals surface area contributed by atoms with E-state index in [1.807, 2.05) is 0 Å². The van der Waals surface area contributed by atoms with Crippen LogP contribution in [-0.4, -0.2) is 47.9 Å². The molecule has 0 bridgehead atoms. The Balaban J connectivity index is 2.12. The molecule has 0 spiro atoms. The largest absolute Gasteiger partial charge is 0.472 e. The fourth-order valence-electron chi connectivity index (χ4n) is 1.89. The van der Waals surface area contributed by atoms with Crippen LogP contribution in [0.5, 0.6) is 0 Å². The molecule has 1 amide bonds. The molecule has 2 heterocycles. The van der Waals surface area contributed by atoms with Gasteiger partial charge in [0.25, 0.3) is 9.70 Å². The first-order valence-electron chi connectivity index (χ1n) is 5.81. The number of amides is 1. The van der Waals surface area contributed by atoms with Crippen molar-refractivity contribution in [3.8, 4) is 0 Å². The summed E-state index contributed by atoms with van der Waals surface area (Å²) in [7, 11) is -3.31. The summed E-state index contributed by atoms with van der Waals surface area (Å²) in [6.07, 6.45) is 4.40. The number of nitrogens with one attached hydrogen (secondary N) is 1. The zero-order valence-corrected chi connectivity index (χ0v) is 13.6. The maximum atomic E-state index is 11.7. The summed E-state index contributed by atoms with van der Waals surface area (Å²) in [6, 6.07) is 0.296. The summed E-state index contributed by atoms with van der Waals surface area (Å²) in [6.45, 7) is 0. The number of alkyl halides is 3. The lowest BCUT2D eigenvalue weighted by atomic mass is 10.2. The van der Waals surface area contributed by atoms with Crippen molar-refractivity contribution >= 4 is 56.8 Å². The minimum Gasteiger partial charge on any atom is -0.472 e. The number of rotatable bonds is 3. The summed E-state index contributed by atoms with van der Waals surface area (Å²) in [4.78, 5) is 15.8. The third-order valence-corrected chi connectivity index (χ3v) is 5.09. The predicted octanol–water partition coefficient (Wildman–Crippen LogP) is 1.35. The lowest BCUT2D eigenvalue weighted by molar-refractivity contribution is -0.120. The predicted molar refractivity (Wildman–Crippen MR) is 81.0 cm³/mol. The molecule has 1 aromatic heterocycles.